The van der Waals surface area contributed by atoms with E-state index in [2.05, 4.69) is 13.8 Å². The zero-order valence-electron chi connectivity index (χ0n) is 15.9. The highest BCUT2D eigenvalue weighted by Crippen LogP contribution is 2.67. The van der Waals surface area contributed by atoms with E-state index in [1.807, 2.05) is 13.0 Å². The van der Waals surface area contributed by atoms with Crippen molar-refractivity contribution < 1.29 is 14.7 Å². The molecule has 3 heteroatoms. The van der Waals surface area contributed by atoms with Gasteiger partial charge in [-0.3, -0.25) is 9.59 Å². The lowest BCUT2D eigenvalue weighted by molar-refractivity contribution is -0.146. The van der Waals surface area contributed by atoms with Crippen LogP contribution >= 0.6 is 0 Å². The number of carboxylic acid groups (broad SMARTS) is 1. The molecule has 2 unspecified atom stereocenters. The van der Waals surface area contributed by atoms with Gasteiger partial charge in [0.25, 0.3) is 0 Å². The number of rotatable bonds is 2. The Kier molecular flexibility index (Phi) is 3.94. The second-order valence-corrected chi connectivity index (χ2v) is 9.82. The molecule has 1 N–H and O–H groups in total. The molecule has 4 aliphatic carbocycles. The fourth-order valence-electron chi connectivity index (χ4n) is 7.59. The molecule has 3 nitrogen and oxygen atoms in total. The Balaban J connectivity index is 1.63. The third-order valence-electron chi connectivity index (χ3n) is 9.03. The molecule has 0 spiro atoms. The zero-order valence-corrected chi connectivity index (χ0v) is 15.9. The molecule has 0 aromatic heterocycles. The van der Waals surface area contributed by atoms with Crippen LogP contribution in [0.5, 0.6) is 0 Å². The molecule has 0 aromatic carbocycles. The molecular weight excluding hydrogens is 312 g/mol. The van der Waals surface area contributed by atoms with Crippen LogP contribution in [0.1, 0.15) is 72.1 Å². The van der Waals surface area contributed by atoms with Crippen LogP contribution in [0.15, 0.2) is 11.6 Å². The lowest BCUT2D eigenvalue weighted by Crippen LogP contribution is -2.51. The van der Waals surface area contributed by atoms with Gasteiger partial charge in [0.15, 0.2) is 5.78 Å². The highest BCUT2D eigenvalue weighted by atomic mass is 16.4. The van der Waals surface area contributed by atoms with Crippen molar-refractivity contribution in [3.05, 3.63) is 11.6 Å². The molecule has 0 bridgehead atoms. The third kappa shape index (κ3) is 2.37. The van der Waals surface area contributed by atoms with Crippen LogP contribution in [0, 0.1) is 40.4 Å². The summed E-state index contributed by atoms with van der Waals surface area (Å²) in [5, 5.41) is 9.56. The molecule has 0 aliphatic heterocycles. The Hall–Kier alpha value is -1.12. The Bertz CT molecular complexity index is 635. The maximum atomic E-state index is 11.9. The first-order chi connectivity index (χ1) is 11.8. The van der Waals surface area contributed by atoms with E-state index in [0.717, 1.165) is 31.6 Å². The molecule has 4 aliphatic rings. The summed E-state index contributed by atoms with van der Waals surface area (Å²) in [5.41, 5.74) is 1.83. The first-order valence-electron chi connectivity index (χ1n) is 10.2. The first kappa shape index (κ1) is 17.3. The number of aliphatic carboxylic acids is 1. The molecule has 3 fully saturated rings. The Morgan fingerprint density at radius 1 is 1.12 bits per heavy atom. The molecule has 4 rings (SSSR count). The summed E-state index contributed by atoms with van der Waals surface area (Å²) in [5.74, 6) is 1.89. The van der Waals surface area contributed by atoms with E-state index in [1.54, 1.807) is 0 Å². The molecule has 3 saturated carbocycles. The van der Waals surface area contributed by atoms with Crippen molar-refractivity contribution in [2.45, 2.75) is 72.1 Å². The second-order valence-electron chi connectivity index (χ2n) is 9.82. The monoisotopic (exact) mass is 344 g/mol. The van der Waals surface area contributed by atoms with Crippen LogP contribution < -0.4 is 0 Å². The Labute approximate surface area is 151 Å². The summed E-state index contributed by atoms with van der Waals surface area (Å²) in [6, 6.07) is 0. The Morgan fingerprint density at radius 3 is 2.60 bits per heavy atom. The molecule has 0 heterocycles. The summed E-state index contributed by atoms with van der Waals surface area (Å²) in [6.07, 6.45) is 10.6. The van der Waals surface area contributed by atoms with Crippen LogP contribution in [0.2, 0.25) is 0 Å². The van der Waals surface area contributed by atoms with Gasteiger partial charge in [0.2, 0.25) is 0 Å². The summed E-state index contributed by atoms with van der Waals surface area (Å²) < 4.78 is 0. The van der Waals surface area contributed by atoms with Gasteiger partial charge < -0.3 is 5.11 Å². The van der Waals surface area contributed by atoms with E-state index in [9.17, 15) is 14.7 Å². The predicted octanol–water partition coefficient (Wildman–Crippen LogP) is 4.86. The van der Waals surface area contributed by atoms with Crippen LogP contribution in [0.25, 0.3) is 0 Å². The van der Waals surface area contributed by atoms with Gasteiger partial charge in [0.05, 0.1) is 5.92 Å². The molecule has 0 radical (unpaired) electrons. The summed E-state index contributed by atoms with van der Waals surface area (Å²) in [4.78, 5) is 23.5. The molecule has 0 aromatic rings. The fourth-order valence-corrected chi connectivity index (χ4v) is 7.59. The lowest BCUT2D eigenvalue weighted by Gasteiger charge is -2.58. The van der Waals surface area contributed by atoms with E-state index < -0.39 is 5.97 Å². The number of allylic oxidation sites excluding steroid dienone is 1. The van der Waals surface area contributed by atoms with Gasteiger partial charge in [0, 0.05) is 6.42 Å². The van der Waals surface area contributed by atoms with Crippen molar-refractivity contribution in [3.8, 4) is 0 Å². The van der Waals surface area contributed by atoms with E-state index >= 15 is 0 Å². The largest absolute Gasteiger partial charge is 0.481 e. The summed E-state index contributed by atoms with van der Waals surface area (Å²) in [7, 11) is 0. The number of carboxylic acids is 1. The number of carbonyl (C=O) groups is 2. The Morgan fingerprint density at radius 2 is 1.88 bits per heavy atom. The number of hydrogen-bond acceptors (Lipinski definition) is 2. The van der Waals surface area contributed by atoms with E-state index in [4.69, 9.17) is 0 Å². The van der Waals surface area contributed by atoms with Crippen molar-refractivity contribution in [1.29, 1.82) is 0 Å². The van der Waals surface area contributed by atoms with Crippen molar-refractivity contribution in [1.82, 2.24) is 0 Å². The molecule has 0 saturated heterocycles. The fraction of sp³-hybridized carbons (Fsp3) is 0.818. The standard InChI is InChI=1S/C22H32O3/c1-13(20(24)25)17-6-7-18-16-5-4-14-12-15(23)8-10-21(14,2)19(16)9-11-22(17,18)3/h12-13,16-19H,4-11H2,1-3H3,(H,24,25)/t13?,16-,17?,18-,19+,21-,22+/m0/s1. The van der Waals surface area contributed by atoms with Crippen LogP contribution in [-0.4, -0.2) is 16.9 Å². The maximum Gasteiger partial charge on any atom is 0.306 e. The normalized spacial score (nSPS) is 47.3. The van der Waals surface area contributed by atoms with Crippen molar-refractivity contribution in [2.24, 2.45) is 40.4 Å². The average Bonchev–Trinajstić information content (AvgIpc) is 2.92. The van der Waals surface area contributed by atoms with E-state index in [0.29, 0.717) is 30.0 Å². The minimum Gasteiger partial charge on any atom is -0.481 e. The van der Waals surface area contributed by atoms with Crippen molar-refractivity contribution in [3.63, 3.8) is 0 Å². The quantitative estimate of drug-likeness (QED) is 0.778. The van der Waals surface area contributed by atoms with Crippen LogP contribution in [0.4, 0.5) is 0 Å². The van der Waals surface area contributed by atoms with Gasteiger partial charge >= 0.3 is 5.97 Å². The van der Waals surface area contributed by atoms with Gasteiger partial charge in [-0.1, -0.05) is 26.3 Å². The van der Waals surface area contributed by atoms with Gasteiger partial charge in [0.1, 0.15) is 0 Å². The predicted molar refractivity (Wildman–Crippen MR) is 97.0 cm³/mol. The summed E-state index contributed by atoms with van der Waals surface area (Å²) >= 11 is 0. The van der Waals surface area contributed by atoms with Crippen molar-refractivity contribution in [2.75, 3.05) is 0 Å². The average molecular weight is 344 g/mol. The van der Waals surface area contributed by atoms with Crippen LogP contribution in [0.3, 0.4) is 0 Å². The van der Waals surface area contributed by atoms with E-state index in [-0.39, 0.29) is 16.7 Å². The second kappa shape index (κ2) is 5.69. The van der Waals surface area contributed by atoms with Crippen LogP contribution in [-0.2, 0) is 9.59 Å². The third-order valence-corrected chi connectivity index (χ3v) is 9.03. The highest BCUT2D eigenvalue weighted by Gasteiger charge is 2.60. The summed E-state index contributed by atoms with van der Waals surface area (Å²) in [6.45, 7) is 6.72. The topological polar surface area (TPSA) is 54.4 Å². The van der Waals surface area contributed by atoms with Gasteiger partial charge in [-0.05, 0) is 85.5 Å². The number of carbonyl (C=O) groups excluding carboxylic acids is 1. The number of hydrogen-bond donors (Lipinski definition) is 1. The van der Waals surface area contributed by atoms with E-state index in [1.165, 1.54) is 24.8 Å². The number of fused-ring (bicyclic) bond motifs is 5. The lowest BCUT2D eigenvalue weighted by atomic mass is 9.46. The molecule has 138 valence electrons. The zero-order chi connectivity index (χ0) is 18.0. The molecule has 25 heavy (non-hydrogen) atoms. The molecular formula is C22H32O3. The number of ketones is 1. The maximum absolute atomic E-state index is 11.9. The SMILES string of the molecule is CC(C(=O)O)C1CC[C@H]2[C@@H]3CCC4=CC(=O)CC[C@]4(C)[C@@H]3CC[C@]12C. The molecule has 7 atom stereocenters. The van der Waals surface area contributed by atoms with Crippen molar-refractivity contribution >= 4 is 11.8 Å². The van der Waals surface area contributed by atoms with Gasteiger partial charge in [-0.15, -0.1) is 0 Å². The van der Waals surface area contributed by atoms with Gasteiger partial charge in [-0.2, -0.15) is 0 Å². The minimum absolute atomic E-state index is 0.195. The molecule has 0 amide bonds. The first-order valence-corrected chi connectivity index (χ1v) is 10.2. The minimum atomic E-state index is -0.624. The highest BCUT2D eigenvalue weighted by molar-refractivity contribution is 5.91. The van der Waals surface area contributed by atoms with Gasteiger partial charge in [-0.25, -0.2) is 0 Å². The smallest absolute Gasteiger partial charge is 0.306 e.